The van der Waals surface area contributed by atoms with Gasteiger partial charge in [-0.2, -0.15) is 0 Å². The first-order valence-corrected chi connectivity index (χ1v) is 10.5. The van der Waals surface area contributed by atoms with Gasteiger partial charge < -0.3 is 4.43 Å². The van der Waals surface area contributed by atoms with Crippen molar-refractivity contribution in [2.45, 2.75) is 65.1 Å². The maximum absolute atomic E-state index is 6.36. The topological polar surface area (TPSA) is 9.23 Å². The molecule has 108 valence electrons. The molecule has 0 fully saturated rings. The van der Waals surface area contributed by atoms with E-state index in [-0.39, 0.29) is 10.5 Å². The zero-order chi connectivity index (χ0) is 15.1. The van der Waals surface area contributed by atoms with Crippen molar-refractivity contribution < 1.29 is 4.43 Å². The van der Waals surface area contributed by atoms with Gasteiger partial charge in [0.1, 0.15) is 5.75 Å². The molecule has 0 saturated heterocycles. The Bertz CT molecular complexity index is 453. The van der Waals surface area contributed by atoms with E-state index in [0.717, 1.165) is 10.2 Å². The molecule has 3 heteroatoms. The smallest absolute Gasteiger partial charge is 0.250 e. The first kappa shape index (κ1) is 16.8. The van der Waals surface area contributed by atoms with E-state index in [1.165, 1.54) is 5.56 Å². The van der Waals surface area contributed by atoms with E-state index in [1.807, 2.05) is 0 Å². The number of hydrogen-bond acceptors (Lipinski definition) is 1. The molecule has 0 unspecified atom stereocenters. The highest BCUT2D eigenvalue weighted by molar-refractivity contribution is 9.10. The highest BCUT2D eigenvalue weighted by atomic mass is 79.9. The van der Waals surface area contributed by atoms with Gasteiger partial charge in [-0.1, -0.05) is 47.6 Å². The molecule has 0 saturated carbocycles. The Morgan fingerprint density at radius 3 is 1.89 bits per heavy atom. The molecule has 0 amide bonds. The Hall–Kier alpha value is -0.283. The maximum atomic E-state index is 6.36. The second kappa shape index (κ2) is 5.25. The summed E-state index contributed by atoms with van der Waals surface area (Å²) in [6.07, 6.45) is 0. The van der Waals surface area contributed by atoms with Crippen LogP contribution in [-0.4, -0.2) is 8.32 Å². The summed E-state index contributed by atoms with van der Waals surface area (Å²) in [5.41, 5.74) is 1.49. The minimum absolute atomic E-state index is 0.165. The fourth-order valence-corrected chi connectivity index (χ4v) is 3.12. The third kappa shape index (κ3) is 4.09. The summed E-state index contributed by atoms with van der Waals surface area (Å²) in [6, 6.07) is 6.46. The fraction of sp³-hybridized carbons (Fsp3) is 0.625. The summed E-state index contributed by atoms with van der Waals surface area (Å²) >= 11 is 3.66. The van der Waals surface area contributed by atoms with Crippen LogP contribution in [0.25, 0.3) is 0 Å². The summed E-state index contributed by atoms with van der Waals surface area (Å²) < 4.78 is 7.42. The predicted molar refractivity (Wildman–Crippen MR) is 90.7 cm³/mol. The van der Waals surface area contributed by atoms with Crippen LogP contribution >= 0.6 is 15.9 Å². The highest BCUT2D eigenvalue weighted by Crippen LogP contribution is 2.40. The standard InChI is InChI=1S/C16H27BrOSi/c1-15(2,3)12-9-10-14(13(17)11-12)18-19(7,8)16(4,5)6/h9-11H,1-8H3. The van der Waals surface area contributed by atoms with Crippen molar-refractivity contribution in [3.05, 3.63) is 28.2 Å². The highest BCUT2D eigenvalue weighted by Gasteiger charge is 2.39. The van der Waals surface area contributed by atoms with E-state index in [4.69, 9.17) is 4.43 Å². The molecular formula is C16H27BrOSi. The van der Waals surface area contributed by atoms with Crippen molar-refractivity contribution in [1.29, 1.82) is 0 Å². The fourth-order valence-electron chi connectivity index (χ4n) is 1.48. The van der Waals surface area contributed by atoms with Crippen LogP contribution < -0.4 is 4.43 Å². The molecule has 1 aromatic rings. The Labute approximate surface area is 128 Å². The summed E-state index contributed by atoms with van der Waals surface area (Å²) in [5.74, 6) is 0.972. The van der Waals surface area contributed by atoms with Gasteiger partial charge in [-0.05, 0) is 57.2 Å². The van der Waals surface area contributed by atoms with E-state index in [0.29, 0.717) is 0 Å². The summed E-state index contributed by atoms with van der Waals surface area (Å²) in [6.45, 7) is 18.0. The Morgan fingerprint density at radius 2 is 1.53 bits per heavy atom. The third-order valence-corrected chi connectivity index (χ3v) is 8.93. The number of benzene rings is 1. The van der Waals surface area contributed by atoms with E-state index >= 15 is 0 Å². The summed E-state index contributed by atoms with van der Waals surface area (Å²) in [5, 5.41) is 0.217. The van der Waals surface area contributed by atoms with E-state index in [2.05, 4.69) is 88.8 Å². The van der Waals surface area contributed by atoms with Crippen molar-refractivity contribution in [2.75, 3.05) is 0 Å². The minimum atomic E-state index is -1.77. The minimum Gasteiger partial charge on any atom is -0.543 e. The lowest BCUT2D eigenvalue weighted by Gasteiger charge is -2.37. The van der Waals surface area contributed by atoms with Gasteiger partial charge >= 0.3 is 0 Å². The second-order valence-corrected chi connectivity index (χ2v) is 13.3. The molecule has 1 nitrogen and oxygen atoms in total. The van der Waals surface area contributed by atoms with Crippen LogP contribution in [0, 0.1) is 0 Å². The Morgan fingerprint density at radius 1 is 1.00 bits per heavy atom. The van der Waals surface area contributed by atoms with Gasteiger partial charge in [0.25, 0.3) is 8.32 Å². The molecule has 0 bridgehead atoms. The zero-order valence-corrected chi connectivity index (χ0v) is 16.1. The number of rotatable bonds is 2. The SMILES string of the molecule is CC(C)(C)c1ccc(O[Si](C)(C)C(C)(C)C)c(Br)c1. The molecule has 1 aromatic carbocycles. The van der Waals surface area contributed by atoms with E-state index in [9.17, 15) is 0 Å². The molecule has 19 heavy (non-hydrogen) atoms. The lowest BCUT2D eigenvalue weighted by molar-refractivity contribution is 0.488. The van der Waals surface area contributed by atoms with Gasteiger partial charge in [-0.25, -0.2) is 0 Å². The molecule has 0 aromatic heterocycles. The van der Waals surface area contributed by atoms with Gasteiger partial charge in [0.15, 0.2) is 0 Å². The monoisotopic (exact) mass is 342 g/mol. The largest absolute Gasteiger partial charge is 0.543 e. The second-order valence-electron chi connectivity index (χ2n) is 7.76. The first-order valence-electron chi connectivity index (χ1n) is 6.84. The average molecular weight is 343 g/mol. The van der Waals surface area contributed by atoms with Crippen LogP contribution in [0.4, 0.5) is 0 Å². The zero-order valence-electron chi connectivity index (χ0n) is 13.5. The predicted octanol–water partition coefficient (Wildman–Crippen LogP) is 6.13. The van der Waals surface area contributed by atoms with Gasteiger partial charge in [0, 0.05) is 0 Å². The van der Waals surface area contributed by atoms with Crippen molar-refractivity contribution in [2.24, 2.45) is 0 Å². The van der Waals surface area contributed by atoms with Gasteiger partial charge in [-0.3, -0.25) is 0 Å². The normalized spacial score (nSPS) is 13.5. The maximum Gasteiger partial charge on any atom is 0.250 e. The van der Waals surface area contributed by atoms with Gasteiger partial charge in [0.05, 0.1) is 4.47 Å². The molecule has 0 heterocycles. The van der Waals surface area contributed by atoms with E-state index in [1.54, 1.807) is 0 Å². The molecule has 0 N–H and O–H groups in total. The van der Waals surface area contributed by atoms with Crippen LogP contribution in [0.15, 0.2) is 22.7 Å². The molecule has 0 atom stereocenters. The molecule has 0 aliphatic rings. The van der Waals surface area contributed by atoms with Crippen LogP contribution in [-0.2, 0) is 5.41 Å². The third-order valence-electron chi connectivity index (χ3n) is 3.97. The quantitative estimate of drug-likeness (QED) is 0.587. The summed E-state index contributed by atoms with van der Waals surface area (Å²) in [7, 11) is -1.77. The van der Waals surface area contributed by atoms with Crippen LogP contribution in [0.5, 0.6) is 5.75 Å². The van der Waals surface area contributed by atoms with Crippen molar-refractivity contribution in [3.63, 3.8) is 0 Å². The van der Waals surface area contributed by atoms with Crippen molar-refractivity contribution >= 4 is 24.2 Å². The Balaban J connectivity index is 3.06. The number of halogens is 1. The van der Waals surface area contributed by atoms with E-state index < -0.39 is 8.32 Å². The number of hydrogen-bond donors (Lipinski definition) is 0. The molecule has 1 rings (SSSR count). The molecule has 0 radical (unpaired) electrons. The molecule has 0 spiro atoms. The lowest BCUT2D eigenvalue weighted by atomic mass is 9.87. The van der Waals surface area contributed by atoms with Crippen molar-refractivity contribution in [3.8, 4) is 5.75 Å². The molecular weight excluding hydrogens is 316 g/mol. The molecule has 0 aliphatic heterocycles. The van der Waals surface area contributed by atoms with Crippen LogP contribution in [0.1, 0.15) is 47.1 Å². The molecule has 0 aliphatic carbocycles. The first-order chi connectivity index (χ1) is 8.34. The van der Waals surface area contributed by atoms with Gasteiger partial charge in [-0.15, -0.1) is 0 Å². The summed E-state index contributed by atoms with van der Waals surface area (Å²) in [4.78, 5) is 0. The lowest BCUT2D eigenvalue weighted by Crippen LogP contribution is -2.43. The Kier molecular flexibility index (Phi) is 4.63. The van der Waals surface area contributed by atoms with Crippen molar-refractivity contribution in [1.82, 2.24) is 0 Å². The average Bonchev–Trinajstić information content (AvgIpc) is 2.17. The van der Waals surface area contributed by atoms with Crippen LogP contribution in [0.3, 0.4) is 0 Å². The van der Waals surface area contributed by atoms with Crippen LogP contribution in [0.2, 0.25) is 18.1 Å². The van der Waals surface area contributed by atoms with Gasteiger partial charge in [0.2, 0.25) is 0 Å².